The molecule has 1 amide bonds. The van der Waals surface area contributed by atoms with Crippen molar-refractivity contribution in [3.05, 3.63) is 11.9 Å². The van der Waals surface area contributed by atoms with Crippen molar-refractivity contribution in [1.29, 1.82) is 0 Å². The summed E-state index contributed by atoms with van der Waals surface area (Å²) >= 11 is 1.03. The molecule has 6 heteroatoms. The number of aromatic nitrogens is 2. The highest BCUT2D eigenvalue weighted by molar-refractivity contribution is 6.99. The minimum absolute atomic E-state index is 0.173. The van der Waals surface area contributed by atoms with Crippen LogP contribution < -0.4 is 5.32 Å². The molecule has 15 heavy (non-hydrogen) atoms. The molecule has 0 spiro atoms. The standard InChI is InChI=1S/C9H15N3O2S/c1-7(2)14-5-3-4-10-9(13)8-6-11-15-12-8/h6-7H,3-5H2,1-2H3,(H,10,13). The molecule has 0 saturated heterocycles. The smallest absolute Gasteiger partial charge is 0.272 e. The number of hydrogen-bond acceptors (Lipinski definition) is 5. The highest BCUT2D eigenvalue weighted by atomic mass is 32.1. The molecule has 0 unspecified atom stereocenters. The predicted octanol–water partition coefficient (Wildman–Crippen LogP) is 1.08. The number of carbonyl (C=O) groups is 1. The van der Waals surface area contributed by atoms with Crippen molar-refractivity contribution in [1.82, 2.24) is 14.1 Å². The molecule has 1 aromatic heterocycles. The van der Waals surface area contributed by atoms with Crippen molar-refractivity contribution in [2.45, 2.75) is 26.4 Å². The van der Waals surface area contributed by atoms with Crippen molar-refractivity contribution in [3.8, 4) is 0 Å². The van der Waals surface area contributed by atoms with Gasteiger partial charge in [0.15, 0.2) is 5.69 Å². The summed E-state index contributed by atoms with van der Waals surface area (Å²) in [6, 6.07) is 0. The van der Waals surface area contributed by atoms with E-state index >= 15 is 0 Å². The summed E-state index contributed by atoms with van der Waals surface area (Å²) in [5.41, 5.74) is 0.379. The summed E-state index contributed by atoms with van der Waals surface area (Å²) in [4.78, 5) is 11.4. The summed E-state index contributed by atoms with van der Waals surface area (Å²) in [5, 5.41) is 2.74. The SMILES string of the molecule is CC(C)OCCCNC(=O)c1cnsn1. The Morgan fingerprint density at radius 3 is 3.07 bits per heavy atom. The van der Waals surface area contributed by atoms with E-state index in [4.69, 9.17) is 4.74 Å². The maximum atomic E-state index is 11.4. The van der Waals surface area contributed by atoms with E-state index in [1.54, 1.807) is 0 Å². The average Bonchev–Trinajstić information content (AvgIpc) is 2.69. The summed E-state index contributed by atoms with van der Waals surface area (Å²) in [5.74, 6) is -0.173. The number of amides is 1. The van der Waals surface area contributed by atoms with Gasteiger partial charge in [0.2, 0.25) is 0 Å². The van der Waals surface area contributed by atoms with E-state index in [0.29, 0.717) is 18.8 Å². The van der Waals surface area contributed by atoms with Gasteiger partial charge >= 0.3 is 0 Å². The van der Waals surface area contributed by atoms with Crippen LogP contribution in [-0.4, -0.2) is 33.9 Å². The van der Waals surface area contributed by atoms with Crippen LogP contribution in [0.5, 0.6) is 0 Å². The molecule has 1 N–H and O–H groups in total. The van der Waals surface area contributed by atoms with Crippen LogP contribution >= 0.6 is 11.7 Å². The molecule has 0 aromatic carbocycles. The zero-order valence-corrected chi connectivity index (χ0v) is 9.71. The number of nitrogens with zero attached hydrogens (tertiary/aromatic N) is 2. The van der Waals surface area contributed by atoms with Crippen LogP contribution in [0.2, 0.25) is 0 Å². The topological polar surface area (TPSA) is 64.1 Å². The summed E-state index contributed by atoms with van der Waals surface area (Å²) in [6.45, 7) is 5.23. The Morgan fingerprint density at radius 2 is 2.47 bits per heavy atom. The number of carbonyl (C=O) groups excluding carboxylic acids is 1. The van der Waals surface area contributed by atoms with Crippen molar-refractivity contribution in [3.63, 3.8) is 0 Å². The lowest BCUT2D eigenvalue weighted by Crippen LogP contribution is -2.25. The van der Waals surface area contributed by atoms with Gasteiger partial charge < -0.3 is 10.1 Å². The average molecular weight is 229 g/mol. The lowest BCUT2D eigenvalue weighted by Gasteiger charge is -2.07. The molecule has 0 radical (unpaired) electrons. The van der Waals surface area contributed by atoms with Gasteiger partial charge in [0.1, 0.15) is 0 Å². The lowest BCUT2D eigenvalue weighted by molar-refractivity contribution is 0.0756. The second kappa shape index (κ2) is 6.47. The van der Waals surface area contributed by atoms with Gasteiger partial charge in [-0.15, -0.1) is 0 Å². The summed E-state index contributed by atoms with van der Waals surface area (Å²) in [7, 11) is 0. The lowest BCUT2D eigenvalue weighted by atomic mass is 10.4. The highest BCUT2D eigenvalue weighted by Gasteiger charge is 2.06. The zero-order valence-electron chi connectivity index (χ0n) is 8.90. The third-order valence-electron chi connectivity index (χ3n) is 1.65. The first-order chi connectivity index (χ1) is 7.20. The van der Waals surface area contributed by atoms with E-state index in [-0.39, 0.29) is 12.0 Å². The Bertz CT molecular complexity index is 288. The molecule has 0 bridgehead atoms. The van der Waals surface area contributed by atoms with Gasteiger partial charge in [0.05, 0.1) is 24.0 Å². The molecule has 0 saturated carbocycles. The van der Waals surface area contributed by atoms with Crippen LogP contribution in [0.4, 0.5) is 0 Å². The van der Waals surface area contributed by atoms with Crippen LogP contribution in [0.1, 0.15) is 30.8 Å². The molecule has 1 heterocycles. The number of rotatable bonds is 6. The molecule has 1 rings (SSSR count). The molecule has 0 aliphatic heterocycles. The van der Waals surface area contributed by atoms with E-state index < -0.39 is 0 Å². The maximum absolute atomic E-state index is 11.4. The van der Waals surface area contributed by atoms with Crippen LogP contribution in [0.25, 0.3) is 0 Å². The molecule has 0 aliphatic rings. The predicted molar refractivity (Wildman–Crippen MR) is 57.9 cm³/mol. The third kappa shape index (κ3) is 4.85. The first-order valence-corrected chi connectivity index (χ1v) is 5.60. The second-order valence-corrected chi connectivity index (χ2v) is 3.88. The summed E-state index contributed by atoms with van der Waals surface area (Å²) < 4.78 is 12.9. The van der Waals surface area contributed by atoms with Gasteiger partial charge in [-0.3, -0.25) is 4.79 Å². The Balaban J connectivity index is 2.08. The van der Waals surface area contributed by atoms with E-state index in [1.807, 2.05) is 13.8 Å². The molecule has 5 nitrogen and oxygen atoms in total. The van der Waals surface area contributed by atoms with E-state index in [1.165, 1.54) is 6.20 Å². The Hall–Kier alpha value is -1.01. The number of ether oxygens (including phenoxy) is 1. The van der Waals surface area contributed by atoms with Gasteiger partial charge in [-0.25, -0.2) is 0 Å². The minimum atomic E-state index is -0.173. The Labute approximate surface area is 93.2 Å². The fourth-order valence-corrected chi connectivity index (χ4v) is 1.36. The zero-order chi connectivity index (χ0) is 11.1. The molecule has 0 fully saturated rings. The van der Waals surface area contributed by atoms with Crippen LogP contribution in [0.3, 0.4) is 0 Å². The maximum Gasteiger partial charge on any atom is 0.272 e. The van der Waals surface area contributed by atoms with Gasteiger partial charge in [0.25, 0.3) is 5.91 Å². The molecule has 84 valence electrons. The molecule has 0 atom stereocenters. The van der Waals surface area contributed by atoms with E-state index in [0.717, 1.165) is 18.1 Å². The van der Waals surface area contributed by atoms with Crippen molar-refractivity contribution >= 4 is 17.6 Å². The Morgan fingerprint density at radius 1 is 1.67 bits per heavy atom. The highest BCUT2D eigenvalue weighted by Crippen LogP contribution is 1.94. The normalized spacial score (nSPS) is 10.6. The quantitative estimate of drug-likeness (QED) is 0.741. The minimum Gasteiger partial charge on any atom is -0.379 e. The van der Waals surface area contributed by atoms with E-state index in [9.17, 15) is 4.79 Å². The van der Waals surface area contributed by atoms with Gasteiger partial charge in [-0.1, -0.05) is 0 Å². The molecule has 0 aliphatic carbocycles. The fourth-order valence-electron chi connectivity index (χ4n) is 0.948. The molecular formula is C9H15N3O2S. The fraction of sp³-hybridized carbons (Fsp3) is 0.667. The number of hydrogen-bond donors (Lipinski definition) is 1. The van der Waals surface area contributed by atoms with Crippen molar-refractivity contribution in [2.75, 3.05) is 13.2 Å². The third-order valence-corrected chi connectivity index (χ3v) is 2.13. The van der Waals surface area contributed by atoms with E-state index in [2.05, 4.69) is 14.1 Å². The molecule has 1 aromatic rings. The van der Waals surface area contributed by atoms with Gasteiger partial charge in [-0.05, 0) is 20.3 Å². The first-order valence-electron chi connectivity index (χ1n) is 4.87. The van der Waals surface area contributed by atoms with Crippen LogP contribution in [0.15, 0.2) is 6.20 Å². The molecular weight excluding hydrogens is 214 g/mol. The summed E-state index contributed by atoms with van der Waals surface area (Å²) in [6.07, 6.45) is 2.51. The first kappa shape index (κ1) is 12.1. The van der Waals surface area contributed by atoms with Crippen molar-refractivity contribution < 1.29 is 9.53 Å². The van der Waals surface area contributed by atoms with Crippen molar-refractivity contribution in [2.24, 2.45) is 0 Å². The Kier molecular flexibility index (Phi) is 5.20. The number of nitrogens with one attached hydrogen (secondary N) is 1. The van der Waals surface area contributed by atoms with Gasteiger partial charge in [0, 0.05) is 13.2 Å². The monoisotopic (exact) mass is 229 g/mol. The van der Waals surface area contributed by atoms with Crippen LogP contribution in [0, 0.1) is 0 Å². The van der Waals surface area contributed by atoms with Crippen LogP contribution in [-0.2, 0) is 4.74 Å². The second-order valence-electron chi connectivity index (χ2n) is 3.32. The largest absolute Gasteiger partial charge is 0.379 e. The van der Waals surface area contributed by atoms with Gasteiger partial charge in [-0.2, -0.15) is 8.75 Å².